The normalized spacial score (nSPS) is 14.5. The predicted octanol–water partition coefficient (Wildman–Crippen LogP) is 1.32. The Kier molecular flexibility index (Phi) is 5.37. The molecule has 0 atom stereocenters. The Labute approximate surface area is 102 Å². The molecule has 0 fully saturated rings. The van der Waals surface area contributed by atoms with Crippen LogP contribution < -0.4 is 0 Å². The van der Waals surface area contributed by atoms with Crippen molar-refractivity contribution in [1.29, 1.82) is 0 Å². The largest absolute Gasteiger partial charge is 0.356 e. The van der Waals surface area contributed by atoms with Crippen molar-refractivity contribution in [3.05, 3.63) is 0 Å². The SMILES string of the molecule is CC(C)S(=O)(=O)OP(C)(=O)OS(=O)(=O)C(C)C. The minimum atomic E-state index is -4.22. The summed E-state index contributed by atoms with van der Waals surface area (Å²) in [5.74, 6) is 0. The summed E-state index contributed by atoms with van der Waals surface area (Å²) in [6.45, 7) is 6.05. The highest BCUT2D eigenvalue weighted by molar-refractivity contribution is 7.95. The van der Waals surface area contributed by atoms with Crippen molar-refractivity contribution in [3.63, 3.8) is 0 Å². The lowest BCUT2D eigenvalue weighted by molar-refractivity contribution is 0.381. The molecule has 0 aromatic carbocycles. The highest BCUT2D eigenvalue weighted by atomic mass is 32.2. The van der Waals surface area contributed by atoms with Crippen LogP contribution in [0.5, 0.6) is 0 Å². The van der Waals surface area contributed by atoms with Crippen molar-refractivity contribution in [3.8, 4) is 0 Å². The summed E-state index contributed by atoms with van der Waals surface area (Å²) in [5.41, 5.74) is 0. The minimum Gasteiger partial charge on any atom is -0.258 e. The molecule has 17 heavy (non-hydrogen) atoms. The van der Waals surface area contributed by atoms with Crippen LogP contribution in [0.3, 0.4) is 0 Å². The highest BCUT2D eigenvalue weighted by Crippen LogP contribution is 2.48. The lowest BCUT2D eigenvalue weighted by atomic mass is 10.6. The molecule has 0 rings (SSSR count). The second kappa shape index (κ2) is 5.36. The molecule has 0 spiro atoms. The van der Waals surface area contributed by atoms with E-state index in [9.17, 15) is 21.4 Å². The molecular weight excluding hydrogens is 291 g/mol. The van der Waals surface area contributed by atoms with Crippen LogP contribution in [0.1, 0.15) is 27.7 Å². The van der Waals surface area contributed by atoms with E-state index in [1.807, 2.05) is 0 Å². The standard InChI is InChI=1S/C7H17O7PS2/c1-6(2)16(9,10)13-15(5,8)14-17(11,12)7(3)4/h6-7H,1-5H3. The third kappa shape index (κ3) is 5.48. The number of hydrogen-bond donors (Lipinski definition) is 0. The van der Waals surface area contributed by atoms with Gasteiger partial charge in [-0.15, -0.1) is 0 Å². The quantitative estimate of drug-likeness (QED) is 0.681. The summed E-state index contributed by atoms with van der Waals surface area (Å²) in [6.07, 6.45) is 0. The van der Waals surface area contributed by atoms with Crippen LogP contribution in [0.4, 0.5) is 0 Å². The Morgan fingerprint density at radius 1 is 0.824 bits per heavy atom. The molecule has 7 nitrogen and oxygen atoms in total. The average molecular weight is 308 g/mol. The molecule has 0 unspecified atom stereocenters. The Hall–Kier alpha value is 0.0500. The van der Waals surface area contributed by atoms with Crippen LogP contribution in [0.15, 0.2) is 0 Å². The van der Waals surface area contributed by atoms with E-state index in [4.69, 9.17) is 0 Å². The van der Waals surface area contributed by atoms with E-state index in [-0.39, 0.29) is 0 Å². The number of hydrogen-bond acceptors (Lipinski definition) is 7. The summed E-state index contributed by atoms with van der Waals surface area (Å²) in [7, 11) is -12.4. The third-order valence-corrected chi connectivity index (χ3v) is 7.77. The molecule has 0 radical (unpaired) electrons. The molecule has 0 heterocycles. The van der Waals surface area contributed by atoms with Crippen LogP contribution in [0.25, 0.3) is 0 Å². The van der Waals surface area contributed by atoms with E-state index in [2.05, 4.69) is 7.94 Å². The third-order valence-electron chi connectivity index (χ3n) is 1.63. The maximum absolute atomic E-state index is 11.7. The fourth-order valence-electron chi connectivity index (χ4n) is 0.562. The van der Waals surface area contributed by atoms with Gasteiger partial charge in [-0.25, -0.2) is 0 Å². The van der Waals surface area contributed by atoms with Gasteiger partial charge in [0.15, 0.2) is 0 Å². The van der Waals surface area contributed by atoms with Crippen LogP contribution in [-0.4, -0.2) is 34.0 Å². The highest BCUT2D eigenvalue weighted by Gasteiger charge is 2.35. The summed E-state index contributed by atoms with van der Waals surface area (Å²) < 4.78 is 65.6. The van der Waals surface area contributed by atoms with Crippen molar-refractivity contribution < 1.29 is 29.3 Å². The Morgan fingerprint density at radius 2 is 1.06 bits per heavy atom. The van der Waals surface area contributed by atoms with Crippen molar-refractivity contribution in [1.82, 2.24) is 0 Å². The molecule has 0 aliphatic rings. The smallest absolute Gasteiger partial charge is 0.258 e. The molecule has 0 aromatic heterocycles. The second-order valence-corrected chi connectivity index (χ2v) is 10.6. The first-order valence-corrected chi connectivity index (χ1v) is 9.71. The van der Waals surface area contributed by atoms with Gasteiger partial charge in [0.1, 0.15) is 0 Å². The molecule has 0 saturated carbocycles. The topological polar surface area (TPSA) is 104 Å². The minimum absolute atomic E-state index is 0.798. The van der Waals surface area contributed by atoms with E-state index in [1.54, 1.807) is 0 Å². The summed E-state index contributed by atoms with van der Waals surface area (Å²) >= 11 is 0. The van der Waals surface area contributed by atoms with Gasteiger partial charge in [-0.3, -0.25) is 4.57 Å². The van der Waals surface area contributed by atoms with Gasteiger partial charge < -0.3 is 0 Å². The maximum Gasteiger partial charge on any atom is 0.356 e. The Bertz CT molecular complexity index is 458. The summed E-state index contributed by atoms with van der Waals surface area (Å²) in [6, 6.07) is 0. The van der Waals surface area contributed by atoms with Crippen LogP contribution in [-0.2, 0) is 32.7 Å². The zero-order valence-corrected chi connectivity index (χ0v) is 12.8. The van der Waals surface area contributed by atoms with E-state index in [1.165, 1.54) is 27.7 Å². The van der Waals surface area contributed by atoms with Gasteiger partial charge in [0.05, 0.1) is 10.5 Å². The van der Waals surface area contributed by atoms with Gasteiger partial charge in [-0.2, -0.15) is 24.8 Å². The van der Waals surface area contributed by atoms with Crippen LogP contribution >= 0.6 is 7.60 Å². The van der Waals surface area contributed by atoms with Gasteiger partial charge in [0.2, 0.25) is 0 Å². The molecule has 0 saturated heterocycles. The van der Waals surface area contributed by atoms with Crippen molar-refractivity contribution in [2.75, 3.05) is 6.66 Å². The first-order chi connectivity index (χ1) is 7.30. The molecule has 10 heteroatoms. The fourth-order valence-corrected chi connectivity index (χ4v) is 5.28. The van der Waals surface area contributed by atoms with E-state index in [0.29, 0.717) is 0 Å². The molecule has 104 valence electrons. The molecule has 0 bridgehead atoms. The Morgan fingerprint density at radius 3 is 1.24 bits per heavy atom. The molecule has 0 N–H and O–H groups in total. The molecule has 0 aromatic rings. The summed E-state index contributed by atoms with van der Waals surface area (Å²) in [5, 5.41) is -1.89. The lowest BCUT2D eigenvalue weighted by Gasteiger charge is -2.16. The summed E-state index contributed by atoms with van der Waals surface area (Å²) in [4.78, 5) is 0. The van der Waals surface area contributed by atoms with Gasteiger partial charge in [-0.05, 0) is 27.7 Å². The van der Waals surface area contributed by atoms with Crippen LogP contribution in [0.2, 0.25) is 0 Å². The van der Waals surface area contributed by atoms with Gasteiger partial charge in [0, 0.05) is 6.66 Å². The fraction of sp³-hybridized carbons (Fsp3) is 1.00. The van der Waals surface area contributed by atoms with Gasteiger partial charge in [0.25, 0.3) is 20.2 Å². The zero-order chi connectivity index (χ0) is 14.1. The Balaban J connectivity index is 5.04. The second-order valence-electron chi connectivity index (χ2n) is 4.00. The van der Waals surface area contributed by atoms with Gasteiger partial charge >= 0.3 is 7.60 Å². The predicted molar refractivity (Wildman–Crippen MR) is 63.8 cm³/mol. The first kappa shape index (κ1) is 17.1. The van der Waals surface area contributed by atoms with Gasteiger partial charge in [-0.1, -0.05) is 0 Å². The van der Waals surface area contributed by atoms with Crippen LogP contribution in [0, 0.1) is 0 Å². The van der Waals surface area contributed by atoms with E-state index < -0.39 is 38.3 Å². The van der Waals surface area contributed by atoms with E-state index in [0.717, 1.165) is 6.66 Å². The average Bonchev–Trinajstić information content (AvgIpc) is 1.98. The molecule has 0 aliphatic carbocycles. The van der Waals surface area contributed by atoms with E-state index >= 15 is 0 Å². The molecule has 0 aliphatic heterocycles. The van der Waals surface area contributed by atoms with Crippen molar-refractivity contribution in [2.45, 2.75) is 38.2 Å². The molecular formula is C7H17O7PS2. The van der Waals surface area contributed by atoms with Crippen molar-refractivity contribution in [2.24, 2.45) is 0 Å². The zero-order valence-electron chi connectivity index (χ0n) is 10.3. The first-order valence-electron chi connectivity index (χ1n) is 4.78. The van der Waals surface area contributed by atoms with Crippen molar-refractivity contribution >= 4 is 27.8 Å². The number of rotatable bonds is 6. The maximum atomic E-state index is 11.7. The lowest BCUT2D eigenvalue weighted by Crippen LogP contribution is -2.20. The molecule has 0 amide bonds. The monoisotopic (exact) mass is 308 g/mol.